The van der Waals surface area contributed by atoms with Crippen LogP contribution in [0.15, 0.2) is 79.4 Å². The number of hydrogen-bond acceptors (Lipinski definition) is 7. The van der Waals surface area contributed by atoms with Gasteiger partial charge >= 0.3 is 16.2 Å². The Labute approximate surface area is 217 Å². The summed E-state index contributed by atoms with van der Waals surface area (Å²) in [5.74, 6) is -1.64. The molecule has 0 aliphatic carbocycles. The number of pyridine rings is 1. The van der Waals surface area contributed by atoms with Gasteiger partial charge in [0.05, 0.1) is 24.0 Å². The summed E-state index contributed by atoms with van der Waals surface area (Å²) < 4.78 is 49.5. The smallest absolute Gasteiger partial charge is 0.323 e. The second kappa shape index (κ2) is 9.90. The van der Waals surface area contributed by atoms with Gasteiger partial charge in [-0.1, -0.05) is 24.3 Å². The third kappa shape index (κ3) is 4.64. The first-order valence-electron chi connectivity index (χ1n) is 11.3. The van der Waals surface area contributed by atoms with E-state index in [1.165, 1.54) is 38.6 Å². The van der Waals surface area contributed by atoms with Gasteiger partial charge < -0.3 is 9.72 Å². The van der Waals surface area contributed by atoms with Crippen LogP contribution in [0.1, 0.15) is 15.9 Å². The molecule has 0 amide bonds. The minimum atomic E-state index is -4.17. The molecule has 5 aromatic rings. The van der Waals surface area contributed by atoms with Gasteiger partial charge in [0.25, 0.3) is 0 Å². The van der Waals surface area contributed by atoms with E-state index in [9.17, 15) is 13.2 Å². The number of carbonyl (C=O) groups excluding carboxylic acids is 1. The molecule has 10 nitrogen and oxygen atoms in total. The molecule has 0 aliphatic heterocycles. The zero-order valence-corrected chi connectivity index (χ0v) is 21.0. The molecule has 0 bridgehead atoms. The van der Waals surface area contributed by atoms with Crippen molar-refractivity contribution in [3.8, 4) is 17.1 Å². The average Bonchev–Trinajstić information content (AvgIpc) is 3.37. The summed E-state index contributed by atoms with van der Waals surface area (Å²) in [7, 11) is -1.36. The first-order valence-corrected chi connectivity index (χ1v) is 12.7. The lowest BCUT2D eigenvalue weighted by atomic mass is 10.0. The van der Waals surface area contributed by atoms with Gasteiger partial charge in [-0.25, -0.2) is 19.3 Å². The van der Waals surface area contributed by atoms with Crippen LogP contribution in [-0.2, 0) is 10.2 Å². The fourth-order valence-corrected chi connectivity index (χ4v) is 4.81. The van der Waals surface area contributed by atoms with Crippen LogP contribution >= 0.6 is 0 Å². The molecule has 192 valence electrons. The second-order valence-electron chi connectivity index (χ2n) is 8.19. The Hall–Kier alpha value is -4.84. The molecular formula is C26H21FN6O4S. The first-order chi connectivity index (χ1) is 18.3. The van der Waals surface area contributed by atoms with Crippen molar-refractivity contribution in [2.45, 2.75) is 0 Å². The number of nitrogens with one attached hydrogen (secondary N) is 2. The van der Waals surface area contributed by atoms with Crippen molar-refractivity contribution < 1.29 is 22.3 Å². The van der Waals surface area contributed by atoms with Crippen LogP contribution in [0.3, 0.4) is 0 Å². The Balaban J connectivity index is 1.47. The maximum atomic E-state index is 15.5. The number of H-pyrrole nitrogens is 1. The Morgan fingerprint density at radius 1 is 0.974 bits per heavy atom. The van der Waals surface area contributed by atoms with Crippen molar-refractivity contribution in [3.05, 3.63) is 96.3 Å². The highest BCUT2D eigenvalue weighted by Crippen LogP contribution is 2.28. The van der Waals surface area contributed by atoms with E-state index in [1.54, 1.807) is 55.0 Å². The number of benzene rings is 2. The quantitative estimate of drug-likeness (QED) is 0.287. The van der Waals surface area contributed by atoms with Gasteiger partial charge in [-0.3, -0.25) is 13.8 Å². The summed E-state index contributed by atoms with van der Waals surface area (Å²) in [6, 6.07) is 14.2. The number of hydrogen-bond donors (Lipinski definition) is 2. The van der Waals surface area contributed by atoms with Crippen LogP contribution < -0.4 is 13.8 Å². The Kier molecular flexibility index (Phi) is 6.47. The largest absolute Gasteiger partial charge is 0.467 e. The molecule has 3 aromatic heterocycles. The monoisotopic (exact) mass is 532 g/mol. The summed E-state index contributed by atoms with van der Waals surface area (Å²) in [6.07, 6.45) is 6.15. The van der Waals surface area contributed by atoms with Gasteiger partial charge in [-0.05, 0) is 30.3 Å². The van der Waals surface area contributed by atoms with E-state index in [1.807, 2.05) is 0 Å². The van der Waals surface area contributed by atoms with Crippen LogP contribution in [0.2, 0.25) is 0 Å². The predicted octanol–water partition coefficient (Wildman–Crippen LogP) is 4.19. The Bertz CT molecular complexity index is 1740. The summed E-state index contributed by atoms with van der Waals surface area (Å²) in [4.78, 5) is 28.9. The molecule has 12 heteroatoms. The van der Waals surface area contributed by atoms with E-state index >= 15 is 4.39 Å². The molecular weight excluding hydrogens is 511 g/mol. The number of nitrogens with zero attached hydrogens (tertiary/aromatic N) is 4. The number of para-hydroxylation sites is 1. The number of fused-ring (bicyclic) bond motifs is 1. The topological polar surface area (TPSA) is 130 Å². The zero-order chi connectivity index (χ0) is 26.9. The van der Waals surface area contributed by atoms with Crippen molar-refractivity contribution >= 4 is 38.4 Å². The van der Waals surface area contributed by atoms with Crippen molar-refractivity contribution in [1.82, 2.24) is 19.9 Å². The first kappa shape index (κ1) is 24.8. The molecule has 2 aromatic carbocycles. The van der Waals surface area contributed by atoms with Crippen molar-refractivity contribution in [2.24, 2.45) is 0 Å². The highest BCUT2D eigenvalue weighted by molar-refractivity contribution is 7.94. The molecule has 5 rings (SSSR count). The van der Waals surface area contributed by atoms with Gasteiger partial charge in [-0.15, -0.1) is 0 Å². The number of rotatable bonds is 8. The Morgan fingerprint density at radius 3 is 2.39 bits per heavy atom. The molecule has 0 saturated heterocycles. The number of halogens is 1. The maximum Gasteiger partial charge on any atom is 0.323 e. The van der Waals surface area contributed by atoms with Crippen LogP contribution in [0.4, 0.5) is 15.8 Å². The molecule has 38 heavy (non-hydrogen) atoms. The van der Waals surface area contributed by atoms with Gasteiger partial charge in [0.2, 0.25) is 0 Å². The summed E-state index contributed by atoms with van der Waals surface area (Å²) in [5.41, 5.74) is 1.61. The SMILES string of the molecule is COc1ncc(-c2cnc3[nH]cc(C(=O)c4cccc(NS(=O)(=O)N(C)c5ccccc5)c4F)c3c2)cn1. The average molecular weight is 533 g/mol. The molecule has 3 heterocycles. The summed E-state index contributed by atoms with van der Waals surface area (Å²) in [6.45, 7) is 0. The van der Waals surface area contributed by atoms with Crippen LogP contribution in [-0.4, -0.2) is 48.3 Å². The molecule has 0 radical (unpaired) electrons. The van der Waals surface area contributed by atoms with Crippen molar-refractivity contribution in [2.75, 3.05) is 23.2 Å². The highest BCUT2D eigenvalue weighted by atomic mass is 32.2. The minimum Gasteiger partial charge on any atom is -0.467 e. The van der Waals surface area contributed by atoms with E-state index in [4.69, 9.17) is 4.74 Å². The van der Waals surface area contributed by atoms with Gasteiger partial charge in [-0.2, -0.15) is 8.42 Å². The predicted molar refractivity (Wildman–Crippen MR) is 141 cm³/mol. The standard InChI is InChI=1S/C26H21FN6O4S/c1-33(18-7-4-3-5-8-18)38(35,36)32-22-10-6-9-19(23(22)27)24(34)21-15-29-25-20(21)11-16(12-28-25)17-13-30-26(37-2)31-14-17/h3-15,32H,1-2H3,(H,28,29). The highest BCUT2D eigenvalue weighted by Gasteiger charge is 2.24. The van der Waals surface area contributed by atoms with Gasteiger partial charge in [0, 0.05) is 53.9 Å². The fourth-order valence-electron chi connectivity index (χ4n) is 3.84. The van der Waals surface area contributed by atoms with Crippen LogP contribution in [0.25, 0.3) is 22.2 Å². The minimum absolute atomic E-state index is 0.170. The molecule has 0 saturated carbocycles. The fraction of sp³-hybridized carbons (Fsp3) is 0.0769. The number of ketones is 1. The molecule has 0 atom stereocenters. The maximum absolute atomic E-state index is 15.5. The third-order valence-corrected chi connectivity index (χ3v) is 7.29. The number of anilines is 2. The lowest BCUT2D eigenvalue weighted by molar-refractivity contribution is 0.103. The van der Waals surface area contributed by atoms with E-state index in [0.717, 1.165) is 4.31 Å². The van der Waals surface area contributed by atoms with Crippen LogP contribution in [0.5, 0.6) is 6.01 Å². The number of aromatic nitrogens is 4. The number of methoxy groups -OCH3 is 1. The lowest BCUT2D eigenvalue weighted by Gasteiger charge is -2.20. The van der Waals surface area contributed by atoms with Gasteiger partial charge in [0.15, 0.2) is 11.6 Å². The summed E-state index contributed by atoms with van der Waals surface area (Å²) in [5, 5.41) is 0.456. The third-order valence-electron chi connectivity index (χ3n) is 5.88. The van der Waals surface area contributed by atoms with Crippen LogP contribution in [0, 0.1) is 5.82 Å². The Morgan fingerprint density at radius 2 is 1.68 bits per heavy atom. The van der Waals surface area contributed by atoms with E-state index in [-0.39, 0.29) is 22.8 Å². The number of carbonyl (C=O) groups is 1. The summed E-state index contributed by atoms with van der Waals surface area (Å²) >= 11 is 0. The van der Waals surface area contributed by atoms with Gasteiger partial charge in [0.1, 0.15) is 5.65 Å². The molecule has 2 N–H and O–H groups in total. The van der Waals surface area contributed by atoms with E-state index in [2.05, 4.69) is 24.7 Å². The molecule has 0 aliphatic rings. The van der Waals surface area contributed by atoms with E-state index < -0.39 is 21.8 Å². The molecule has 0 unspecified atom stereocenters. The zero-order valence-electron chi connectivity index (χ0n) is 20.2. The molecule has 0 fully saturated rings. The number of aromatic amines is 1. The van der Waals surface area contributed by atoms with Crippen molar-refractivity contribution in [1.29, 1.82) is 0 Å². The number of ether oxygens (including phenoxy) is 1. The molecule has 0 spiro atoms. The second-order valence-corrected chi connectivity index (χ2v) is 9.89. The lowest BCUT2D eigenvalue weighted by Crippen LogP contribution is -2.32. The van der Waals surface area contributed by atoms with Crippen molar-refractivity contribution in [3.63, 3.8) is 0 Å². The van der Waals surface area contributed by atoms with E-state index in [0.29, 0.717) is 27.8 Å². The normalized spacial score (nSPS) is 11.3.